The molecule has 1 aliphatic heterocycles. The number of alkyl carbamates (subject to hydrolysis) is 1. The number of nitrogens with one attached hydrogen (secondary N) is 1. The Bertz CT molecular complexity index is 1110. The number of nitrogens with zero attached hydrogens (tertiary/aromatic N) is 2. The Balaban J connectivity index is 1.64. The van der Waals surface area contributed by atoms with Crippen molar-refractivity contribution in [3.05, 3.63) is 40.5 Å². The van der Waals surface area contributed by atoms with E-state index in [0.717, 1.165) is 53.2 Å². The fourth-order valence-corrected chi connectivity index (χ4v) is 5.88. The number of ether oxygens (including phenoxy) is 3. The Kier molecular flexibility index (Phi) is 9.15. The van der Waals surface area contributed by atoms with Gasteiger partial charge in [-0.3, -0.25) is 4.79 Å². The molecule has 2 amide bonds. The first kappa shape index (κ1) is 27.1. The van der Waals surface area contributed by atoms with Gasteiger partial charge in [-0.25, -0.2) is 14.6 Å². The van der Waals surface area contributed by atoms with E-state index in [-0.39, 0.29) is 24.1 Å². The second kappa shape index (κ2) is 12.5. The standard InChI is InChI=1S/C27H35N3O6S/c1-17(30(18-13-14-18)25(31)22-12-6-7-16-36-22)24-29-21(11-8-15-28-27(33)35-3)23(37-24)19-9-4-5-10-20(19)26(32)34-2/h4-5,9-10,17-18,22H,6-8,11-16H2,1-3H3,(H,28,33)/t17-,22-/m1/s1. The van der Waals surface area contributed by atoms with Gasteiger partial charge in [0.1, 0.15) is 11.1 Å². The molecule has 4 rings (SSSR count). The summed E-state index contributed by atoms with van der Waals surface area (Å²) in [4.78, 5) is 45.3. The Morgan fingerprint density at radius 3 is 2.62 bits per heavy atom. The number of carbonyl (C=O) groups excluding carboxylic acids is 3. The smallest absolute Gasteiger partial charge is 0.406 e. The van der Waals surface area contributed by atoms with Gasteiger partial charge < -0.3 is 24.4 Å². The third-order valence-corrected chi connectivity index (χ3v) is 8.06. The molecule has 2 aliphatic rings. The molecule has 1 saturated carbocycles. The summed E-state index contributed by atoms with van der Waals surface area (Å²) >= 11 is 1.50. The number of rotatable bonds is 10. The maximum absolute atomic E-state index is 13.5. The quantitative estimate of drug-likeness (QED) is 0.357. The highest BCUT2D eigenvalue weighted by molar-refractivity contribution is 7.15. The summed E-state index contributed by atoms with van der Waals surface area (Å²) < 4.78 is 15.5. The van der Waals surface area contributed by atoms with Gasteiger partial charge in [0.2, 0.25) is 0 Å². The minimum atomic E-state index is -0.479. The number of methoxy groups -OCH3 is 2. The molecule has 0 bridgehead atoms. The minimum Gasteiger partial charge on any atom is -0.465 e. The van der Waals surface area contributed by atoms with Crippen molar-refractivity contribution in [2.75, 3.05) is 27.4 Å². The molecule has 1 aliphatic carbocycles. The Morgan fingerprint density at radius 2 is 1.95 bits per heavy atom. The van der Waals surface area contributed by atoms with Gasteiger partial charge in [-0.1, -0.05) is 18.2 Å². The SMILES string of the molecule is COC(=O)NCCCc1nc([C@@H](C)N(C(=O)[C@H]2CCCCO2)C2CC2)sc1-c1ccccc1C(=O)OC. The molecule has 2 atom stereocenters. The van der Waals surface area contributed by atoms with E-state index in [1.54, 1.807) is 12.1 Å². The molecule has 2 aromatic rings. The predicted octanol–water partition coefficient (Wildman–Crippen LogP) is 4.51. The highest BCUT2D eigenvalue weighted by Gasteiger charge is 2.41. The summed E-state index contributed by atoms with van der Waals surface area (Å²) in [6.07, 6.45) is 5.07. The van der Waals surface area contributed by atoms with Crippen LogP contribution in [-0.2, 0) is 25.4 Å². The molecule has 2 fully saturated rings. The first-order valence-corrected chi connectivity index (χ1v) is 13.7. The Hall–Kier alpha value is -2.98. The molecule has 1 N–H and O–H groups in total. The molecule has 200 valence electrons. The monoisotopic (exact) mass is 529 g/mol. The van der Waals surface area contributed by atoms with E-state index >= 15 is 0 Å². The van der Waals surface area contributed by atoms with Crippen LogP contribution in [0, 0.1) is 0 Å². The van der Waals surface area contributed by atoms with Crippen LogP contribution in [0.5, 0.6) is 0 Å². The largest absolute Gasteiger partial charge is 0.465 e. The van der Waals surface area contributed by atoms with Crippen LogP contribution in [-0.4, -0.2) is 67.4 Å². The molecule has 10 heteroatoms. The van der Waals surface area contributed by atoms with Crippen molar-refractivity contribution in [3.63, 3.8) is 0 Å². The highest BCUT2D eigenvalue weighted by Crippen LogP contribution is 2.41. The summed E-state index contributed by atoms with van der Waals surface area (Å²) in [5, 5.41) is 3.52. The lowest BCUT2D eigenvalue weighted by molar-refractivity contribution is -0.149. The number of aromatic nitrogens is 1. The van der Waals surface area contributed by atoms with Crippen LogP contribution >= 0.6 is 11.3 Å². The lowest BCUT2D eigenvalue weighted by Crippen LogP contribution is -2.44. The number of carbonyl (C=O) groups is 3. The van der Waals surface area contributed by atoms with E-state index in [1.807, 2.05) is 24.0 Å². The Morgan fingerprint density at radius 1 is 1.16 bits per heavy atom. The number of amides is 2. The molecule has 0 radical (unpaired) electrons. The molecular formula is C27H35N3O6S. The van der Waals surface area contributed by atoms with Gasteiger partial charge >= 0.3 is 12.1 Å². The maximum atomic E-state index is 13.5. The van der Waals surface area contributed by atoms with Gasteiger partial charge in [0.15, 0.2) is 0 Å². The second-order valence-corrected chi connectivity index (χ2v) is 10.4. The fraction of sp³-hybridized carbons (Fsp3) is 0.556. The van der Waals surface area contributed by atoms with Crippen molar-refractivity contribution in [2.24, 2.45) is 0 Å². The van der Waals surface area contributed by atoms with Crippen molar-refractivity contribution < 1.29 is 28.6 Å². The van der Waals surface area contributed by atoms with Crippen LogP contribution < -0.4 is 5.32 Å². The van der Waals surface area contributed by atoms with Crippen molar-refractivity contribution >= 4 is 29.3 Å². The number of benzene rings is 1. The zero-order valence-corrected chi connectivity index (χ0v) is 22.5. The van der Waals surface area contributed by atoms with Crippen molar-refractivity contribution in [3.8, 4) is 10.4 Å². The van der Waals surface area contributed by atoms with Gasteiger partial charge in [-0.15, -0.1) is 11.3 Å². The lowest BCUT2D eigenvalue weighted by atomic mass is 10.0. The van der Waals surface area contributed by atoms with Crippen molar-refractivity contribution in [2.45, 2.75) is 70.1 Å². The van der Waals surface area contributed by atoms with E-state index < -0.39 is 12.1 Å². The second-order valence-electron chi connectivity index (χ2n) is 9.39. The van der Waals surface area contributed by atoms with E-state index in [1.165, 1.54) is 25.6 Å². The van der Waals surface area contributed by atoms with Gasteiger partial charge in [-0.05, 0) is 57.9 Å². The first-order chi connectivity index (χ1) is 17.9. The number of thiazole rings is 1. The number of hydrogen-bond donors (Lipinski definition) is 1. The van der Waals surface area contributed by atoms with Crippen LogP contribution in [0.4, 0.5) is 4.79 Å². The third kappa shape index (κ3) is 6.48. The Labute approximate surface area is 221 Å². The molecule has 0 unspecified atom stereocenters. The van der Waals surface area contributed by atoms with Crippen LogP contribution in [0.1, 0.15) is 72.6 Å². The van der Waals surface area contributed by atoms with Crippen molar-refractivity contribution in [1.29, 1.82) is 0 Å². The van der Waals surface area contributed by atoms with Gasteiger partial charge in [0, 0.05) is 24.8 Å². The van der Waals surface area contributed by atoms with Crippen LogP contribution in [0.3, 0.4) is 0 Å². The summed E-state index contributed by atoms with van der Waals surface area (Å²) in [5.74, 6) is -0.369. The fourth-order valence-electron chi connectivity index (χ4n) is 4.68. The first-order valence-electron chi connectivity index (χ1n) is 12.9. The molecule has 37 heavy (non-hydrogen) atoms. The molecule has 0 spiro atoms. The van der Waals surface area contributed by atoms with E-state index in [0.29, 0.717) is 31.6 Å². The normalized spacial score (nSPS) is 18.1. The zero-order chi connectivity index (χ0) is 26.4. The summed E-state index contributed by atoms with van der Waals surface area (Å²) in [6, 6.07) is 7.31. The predicted molar refractivity (Wildman–Crippen MR) is 139 cm³/mol. The van der Waals surface area contributed by atoms with E-state index in [4.69, 9.17) is 14.5 Å². The number of hydrogen-bond acceptors (Lipinski definition) is 8. The minimum absolute atomic E-state index is 0.0465. The van der Waals surface area contributed by atoms with E-state index in [2.05, 4.69) is 10.1 Å². The third-order valence-electron chi connectivity index (χ3n) is 6.76. The average Bonchev–Trinajstić information content (AvgIpc) is 3.68. The number of aryl methyl sites for hydroxylation is 1. The molecular weight excluding hydrogens is 494 g/mol. The van der Waals surface area contributed by atoms with Crippen molar-refractivity contribution in [1.82, 2.24) is 15.2 Å². The summed E-state index contributed by atoms with van der Waals surface area (Å²) in [6.45, 7) is 3.08. The van der Waals surface area contributed by atoms with Gasteiger partial charge in [0.05, 0.1) is 36.4 Å². The maximum Gasteiger partial charge on any atom is 0.406 e. The molecule has 1 aromatic carbocycles. The summed E-state index contributed by atoms with van der Waals surface area (Å²) in [5.41, 5.74) is 2.04. The van der Waals surface area contributed by atoms with Crippen LogP contribution in [0.25, 0.3) is 10.4 Å². The molecule has 9 nitrogen and oxygen atoms in total. The zero-order valence-electron chi connectivity index (χ0n) is 21.7. The number of esters is 1. The molecule has 2 heterocycles. The van der Waals surface area contributed by atoms with Crippen LogP contribution in [0.15, 0.2) is 24.3 Å². The van der Waals surface area contributed by atoms with Gasteiger partial charge in [-0.2, -0.15) is 0 Å². The average molecular weight is 530 g/mol. The highest BCUT2D eigenvalue weighted by atomic mass is 32.1. The topological polar surface area (TPSA) is 107 Å². The van der Waals surface area contributed by atoms with Gasteiger partial charge in [0.25, 0.3) is 5.91 Å². The van der Waals surface area contributed by atoms with Crippen LogP contribution in [0.2, 0.25) is 0 Å². The lowest BCUT2D eigenvalue weighted by Gasteiger charge is -2.33. The van der Waals surface area contributed by atoms with E-state index in [9.17, 15) is 14.4 Å². The summed E-state index contributed by atoms with van der Waals surface area (Å²) in [7, 11) is 2.70. The molecule has 1 aromatic heterocycles. The molecule has 1 saturated heterocycles.